The van der Waals surface area contributed by atoms with Crippen LogP contribution in [0.25, 0.3) is 0 Å². The zero-order chi connectivity index (χ0) is 14.7. The van der Waals surface area contributed by atoms with Crippen molar-refractivity contribution >= 4 is 5.91 Å². The molecule has 1 aromatic heterocycles. The second kappa shape index (κ2) is 6.05. The Morgan fingerprint density at radius 1 is 1.50 bits per heavy atom. The molecule has 0 saturated carbocycles. The number of aromatic nitrogens is 2. The first-order valence-corrected chi connectivity index (χ1v) is 6.97. The lowest BCUT2D eigenvalue weighted by Crippen LogP contribution is -2.31. The molecule has 5 heteroatoms. The van der Waals surface area contributed by atoms with Crippen molar-refractivity contribution in [2.45, 2.75) is 39.2 Å². The van der Waals surface area contributed by atoms with Gasteiger partial charge in [0, 0.05) is 17.4 Å². The lowest BCUT2D eigenvalue weighted by molar-refractivity contribution is 0.0958. The smallest absolute Gasteiger partial charge is 0.275 e. The molecule has 1 heterocycles. The van der Waals surface area contributed by atoms with Gasteiger partial charge in [-0.15, -0.1) is 0 Å². The van der Waals surface area contributed by atoms with Gasteiger partial charge < -0.3 is 11.1 Å². The summed E-state index contributed by atoms with van der Waals surface area (Å²) in [6, 6.07) is 1.87. The number of carbonyl (C=O) groups excluding carboxylic acids is 1. The lowest BCUT2D eigenvalue weighted by Gasteiger charge is -2.21. The molecule has 1 aliphatic carbocycles. The van der Waals surface area contributed by atoms with Crippen LogP contribution in [0.3, 0.4) is 0 Å². The van der Waals surface area contributed by atoms with E-state index in [0.717, 1.165) is 17.8 Å². The maximum Gasteiger partial charge on any atom is 0.275 e. The van der Waals surface area contributed by atoms with E-state index < -0.39 is 0 Å². The molecule has 0 fully saturated rings. The van der Waals surface area contributed by atoms with Gasteiger partial charge in [-0.1, -0.05) is 26.0 Å². The maximum absolute atomic E-state index is 12.1. The molecule has 1 aromatic rings. The number of aromatic amines is 1. The fraction of sp³-hybridized carbons (Fsp3) is 0.467. The van der Waals surface area contributed by atoms with Crippen LogP contribution in [0.4, 0.5) is 0 Å². The molecule has 0 saturated heterocycles. The van der Waals surface area contributed by atoms with Crippen LogP contribution in [-0.2, 0) is 0 Å². The number of rotatable bonds is 4. The van der Waals surface area contributed by atoms with Gasteiger partial charge in [-0.05, 0) is 37.3 Å². The second-order valence-electron chi connectivity index (χ2n) is 5.62. The quantitative estimate of drug-likeness (QED) is 0.786. The van der Waals surface area contributed by atoms with Crippen LogP contribution >= 0.6 is 0 Å². The van der Waals surface area contributed by atoms with Crippen LogP contribution in [-0.4, -0.2) is 22.1 Å². The monoisotopic (exact) mass is 274 g/mol. The summed E-state index contributed by atoms with van der Waals surface area (Å²) >= 11 is 0. The molecule has 0 aliphatic heterocycles. The van der Waals surface area contributed by atoms with Gasteiger partial charge in [0.15, 0.2) is 5.69 Å². The molecule has 0 aromatic carbocycles. The lowest BCUT2D eigenvalue weighted by atomic mass is 9.92. The van der Waals surface area contributed by atoms with Gasteiger partial charge in [-0.25, -0.2) is 0 Å². The standard InChI is InChI=1S/C15H22N4O/c1-9(2)13-8-14(19-18-13)15(20)17-12-6-4-5-11(7-12)10(3)16/h4-6,8-11H,7,16H2,1-3H3,(H,17,20)(H,18,19). The van der Waals surface area contributed by atoms with Crippen LogP contribution in [0, 0.1) is 5.92 Å². The van der Waals surface area contributed by atoms with Gasteiger partial charge in [0.25, 0.3) is 5.91 Å². The highest BCUT2D eigenvalue weighted by atomic mass is 16.1. The SMILES string of the molecule is CC(C)c1cc(C(=O)NC2=CC=CC(C(C)N)C2)n[nH]1. The molecular formula is C15H22N4O. The predicted octanol–water partition coefficient (Wildman–Crippen LogP) is 2.07. The third-order valence-electron chi connectivity index (χ3n) is 3.51. The molecule has 0 bridgehead atoms. The number of nitrogens with two attached hydrogens (primary N) is 1. The van der Waals surface area contributed by atoms with Gasteiger partial charge in [-0.2, -0.15) is 5.10 Å². The van der Waals surface area contributed by atoms with Crippen LogP contribution in [0.2, 0.25) is 0 Å². The first-order valence-electron chi connectivity index (χ1n) is 6.97. The number of hydrogen-bond donors (Lipinski definition) is 3. The van der Waals surface area contributed by atoms with Crippen molar-refractivity contribution < 1.29 is 4.79 Å². The first kappa shape index (κ1) is 14.5. The van der Waals surface area contributed by atoms with E-state index in [4.69, 9.17) is 5.73 Å². The Bertz CT molecular complexity index is 540. The van der Waals surface area contributed by atoms with Crippen molar-refractivity contribution in [3.8, 4) is 0 Å². The van der Waals surface area contributed by atoms with Gasteiger partial charge >= 0.3 is 0 Å². The van der Waals surface area contributed by atoms with Crippen LogP contribution in [0.1, 0.15) is 49.3 Å². The summed E-state index contributed by atoms with van der Waals surface area (Å²) in [6.45, 7) is 6.08. The van der Waals surface area contributed by atoms with Crippen molar-refractivity contribution in [3.05, 3.63) is 41.4 Å². The summed E-state index contributed by atoms with van der Waals surface area (Å²) in [5.41, 5.74) is 8.16. The first-order chi connectivity index (χ1) is 9.47. The summed E-state index contributed by atoms with van der Waals surface area (Å²) in [5, 5.41) is 9.84. The molecular weight excluding hydrogens is 252 g/mol. The number of H-pyrrole nitrogens is 1. The van der Waals surface area contributed by atoms with E-state index in [-0.39, 0.29) is 17.9 Å². The highest BCUT2D eigenvalue weighted by Gasteiger charge is 2.18. The van der Waals surface area contributed by atoms with E-state index in [1.807, 2.05) is 19.1 Å². The average molecular weight is 274 g/mol. The Hall–Kier alpha value is -1.88. The summed E-state index contributed by atoms with van der Waals surface area (Å²) in [5.74, 6) is 0.405. The van der Waals surface area contributed by atoms with Crippen LogP contribution in [0.15, 0.2) is 30.0 Å². The molecule has 1 amide bonds. The zero-order valence-electron chi connectivity index (χ0n) is 12.2. The molecule has 0 spiro atoms. The van der Waals surface area contributed by atoms with E-state index in [0.29, 0.717) is 11.6 Å². The Labute approximate surface area is 119 Å². The fourth-order valence-corrected chi connectivity index (χ4v) is 2.12. The number of allylic oxidation sites excluding steroid dienone is 3. The normalized spacial score (nSPS) is 19.9. The molecule has 1 aliphatic rings. The third kappa shape index (κ3) is 3.36. The van der Waals surface area contributed by atoms with Crippen molar-refractivity contribution in [1.29, 1.82) is 0 Å². The molecule has 2 atom stereocenters. The van der Waals surface area contributed by atoms with E-state index in [2.05, 4.69) is 35.4 Å². The number of amides is 1. The van der Waals surface area contributed by atoms with Gasteiger partial charge in [0.05, 0.1) is 0 Å². The average Bonchev–Trinajstić information content (AvgIpc) is 2.88. The van der Waals surface area contributed by atoms with Crippen LogP contribution in [0.5, 0.6) is 0 Å². The number of carbonyl (C=O) groups is 1. The molecule has 2 unspecified atom stereocenters. The molecule has 108 valence electrons. The minimum Gasteiger partial charge on any atom is -0.327 e. The van der Waals surface area contributed by atoms with Gasteiger partial charge in [0.2, 0.25) is 0 Å². The largest absolute Gasteiger partial charge is 0.327 e. The van der Waals surface area contributed by atoms with Crippen molar-refractivity contribution in [3.63, 3.8) is 0 Å². The minimum atomic E-state index is -0.182. The summed E-state index contributed by atoms with van der Waals surface area (Å²) in [7, 11) is 0. The molecule has 20 heavy (non-hydrogen) atoms. The topological polar surface area (TPSA) is 83.8 Å². The van der Waals surface area contributed by atoms with E-state index in [1.54, 1.807) is 6.07 Å². The van der Waals surface area contributed by atoms with Gasteiger partial charge in [0.1, 0.15) is 0 Å². The second-order valence-corrected chi connectivity index (χ2v) is 5.62. The molecule has 2 rings (SSSR count). The highest BCUT2D eigenvalue weighted by molar-refractivity contribution is 5.93. The highest BCUT2D eigenvalue weighted by Crippen LogP contribution is 2.19. The Morgan fingerprint density at radius 3 is 2.85 bits per heavy atom. The number of hydrogen-bond acceptors (Lipinski definition) is 3. The van der Waals surface area contributed by atoms with Gasteiger partial charge in [-0.3, -0.25) is 9.89 Å². The van der Waals surface area contributed by atoms with E-state index in [9.17, 15) is 4.79 Å². The molecule has 0 radical (unpaired) electrons. The maximum atomic E-state index is 12.1. The summed E-state index contributed by atoms with van der Waals surface area (Å²) in [4.78, 5) is 12.1. The van der Waals surface area contributed by atoms with Crippen LogP contribution < -0.4 is 11.1 Å². The van der Waals surface area contributed by atoms with Crippen molar-refractivity contribution in [1.82, 2.24) is 15.5 Å². The molecule has 4 N–H and O–H groups in total. The van der Waals surface area contributed by atoms with E-state index >= 15 is 0 Å². The Morgan fingerprint density at radius 2 is 2.25 bits per heavy atom. The summed E-state index contributed by atoms with van der Waals surface area (Å²) in [6.07, 6.45) is 6.68. The zero-order valence-corrected chi connectivity index (χ0v) is 12.2. The molecule has 5 nitrogen and oxygen atoms in total. The summed E-state index contributed by atoms with van der Waals surface area (Å²) < 4.78 is 0. The van der Waals surface area contributed by atoms with Crippen molar-refractivity contribution in [2.24, 2.45) is 11.7 Å². The number of nitrogens with one attached hydrogen (secondary N) is 2. The number of nitrogens with zero attached hydrogens (tertiary/aromatic N) is 1. The fourth-order valence-electron chi connectivity index (χ4n) is 2.12. The minimum absolute atomic E-state index is 0.0739. The Balaban J connectivity index is 2.01. The Kier molecular flexibility index (Phi) is 4.39. The third-order valence-corrected chi connectivity index (χ3v) is 3.51. The van der Waals surface area contributed by atoms with E-state index in [1.165, 1.54) is 0 Å². The van der Waals surface area contributed by atoms with Crippen molar-refractivity contribution in [2.75, 3.05) is 0 Å². The predicted molar refractivity (Wildman–Crippen MR) is 79.1 cm³/mol.